The first-order chi connectivity index (χ1) is 12.7. The normalized spacial score (nSPS) is 14.4. The SMILES string of the molecule is O=C(Nc1n[nH]c2ccc(C(=O)N3CCNCC3)cc12)c1ccccc1. The molecule has 132 valence electrons. The lowest BCUT2D eigenvalue weighted by Gasteiger charge is -2.27. The molecule has 2 amide bonds. The zero-order valence-electron chi connectivity index (χ0n) is 14.2. The Hall–Kier alpha value is -3.19. The van der Waals surface area contributed by atoms with Crippen LogP contribution in [-0.2, 0) is 0 Å². The molecule has 1 aliphatic heterocycles. The van der Waals surface area contributed by atoms with Crippen molar-refractivity contribution in [3.8, 4) is 0 Å². The van der Waals surface area contributed by atoms with Crippen LogP contribution in [0.25, 0.3) is 10.9 Å². The van der Waals surface area contributed by atoms with E-state index in [1.807, 2.05) is 29.2 Å². The van der Waals surface area contributed by atoms with Gasteiger partial charge in [0.2, 0.25) is 0 Å². The Morgan fingerprint density at radius 3 is 2.54 bits per heavy atom. The lowest BCUT2D eigenvalue weighted by atomic mass is 10.1. The predicted octanol–water partition coefficient (Wildman–Crippen LogP) is 1.86. The summed E-state index contributed by atoms with van der Waals surface area (Å²) in [5, 5.41) is 13.8. The van der Waals surface area contributed by atoms with Crippen LogP contribution in [0, 0.1) is 0 Å². The number of hydrogen-bond acceptors (Lipinski definition) is 4. The van der Waals surface area contributed by atoms with E-state index in [-0.39, 0.29) is 11.8 Å². The molecule has 1 aromatic heterocycles. The number of H-pyrrole nitrogens is 1. The van der Waals surface area contributed by atoms with E-state index in [4.69, 9.17) is 0 Å². The highest BCUT2D eigenvalue weighted by molar-refractivity contribution is 6.09. The van der Waals surface area contributed by atoms with E-state index in [2.05, 4.69) is 20.8 Å². The van der Waals surface area contributed by atoms with Crippen LogP contribution < -0.4 is 10.6 Å². The highest BCUT2D eigenvalue weighted by Crippen LogP contribution is 2.23. The summed E-state index contributed by atoms with van der Waals surface area (Å²) in [5.41, 5.74) is 1.91. The van der Waals surface area contributed by atoms with Crippen LogP contribution in [0.5, 0.6) is 0 Å². The summed E-state index contributed by atoms with van der Waals surface area (Å²) in [5.74, 6) is 0.177. The number of anilines is 1. The third-order valence-electron chi connectivity index (χ3n) is 4.48. The van der Waals surface area contributed by atoms with Gasteiger partial charge in [0.25, 0.3) is 11.8 Å². The first kappa shape index (κ1) is 16.3. The van der Waals surface area contributed by atoms with Crippen molar-refractivity contribution in [3.05, 3.63) is 59.7 Å². The zero-order chi connectivity index (χ0) is 17.9. The van der Waals surface area contributed by atoms with Crippen molar-refractivity contribution in [1.82, 2.24) is 20.4 Å². The second kappa shape index (κ2) is 6.97. The van der Waals surface area contributed by atoms with Gasteiger partial charge in [0, 0.05) is 42.7 Å². The number of benzene rings is 2. The Kier molecular flexibility index (Phi) is 4.37. The summed E-state index contributed by atoms with van der Waals surface area (Å²) in [6.07, 6.45) is 0. The van der Waals surface area contributed by atoms with Gasteiger partial charge < -0.3 is 15.5 Å². The van der Waals surface area contributed by atoms with E-state index >= 15 is 0 Å². The first-order valence-electron chi connectivity index (χ1n) is 8.57. The highest BCUT2D eigenvalue weighted by atomic mass is 16.2. The van der Waals surface area contributed by atoms with Crippen LogP contribution in [0.4, 0.5) is 5.82 Å². The molecule has 0 aliphatic carbocycles. The molecule has 1 fully saturated rings. The lowest BCUT2D eigenvalue weighted by molar-refractivity contribution is 0.0736. The maximum atomic E-state index is 12.7. The summed E-state index contributed by atoms with van der Waals surface area (Å²) >= 11 is 0. The third kappa shape index (κ3) is 3.16. The van der Waals surface area contributed by atoms with Gasteiger partial charge in [-0.2, -0.15) is 5.10 Å². The van der Waals surface area contributed by atoms with Crippen molar-refractivity contribution in [1.29, 1.82) is 0 Å². The summed E-state index contributed by atoms with van der Waals surface area (Å²) in [6, 6.07) is 14.3. The number of aromatic amines is 1. The number of piperazine rings is 1. The average Bonchev–Trinajstić information content (AvgIpc) is 3.10. The number of aromatic nitrogens is 2. The smallest absolute Gasteiger partial charge is 0.256 e. The summed E-state index contributed by atoms with van der Waals surface area (Å²) in [6.45, 7) is 3.00. The number of hydrogen-bond donors (Lipinski definition) is 3. The molecule has 3 N–H and O–H groups in total. The molecular weight excluding hydrogens is 330 g/mol. The molecule has 0 bridgehead atoms. The van der Waals surface area contributed by atoms with Crippen LogP contribution in [0.2, 0.25) is 0 Å². The molecule has 7 nitrogen and oxygen atoms in total. The van der Waals surface area contributed by atoms with E-state index in [1.54, 1.807) is 24.3 Å². The average molecular weight is 349 g/mol. The number of carbonyl (C=O) groups excluding carboxylic acids is 2. The second-order valence-electron chi connectivity index (χ2n) is 6.19. The molecule has 26 heavy (non-hydrogen) atoms. The van der Waals surface area contributed by atoms with Gasteiger partial charge in [-0.3, -0.25) is 14.7 Å². The molecule has 0 atom stereocenters. The monoisotopic (exact) mass is 349 g/mol. The molecule has 7 heteroatoms. The van der Waals surface area contributed by atoms with Crippen LogP contribution in [-0.4, -0.2) is 53.1 Å². The second-order valence-corrected chi connectivity index (χ2v) is 6.19. The number of amides is 2. The third-order valence-corrected chi connectivity index (χ3v) is 4.48. The number of carbonyl (C=O) groups is 2. The van der Waals surface area contributed by atoms with Gasteiger partial charge in [-0.25, -0.2) is 0 Å². The van der Waals surface area contributed by atoms with E-state index in [0.717, 1.165) is 24.0 Å². The van der Waals surface area contributed by atoms with Gasteiger partial charge in [-0.15, -0.1) is 0 Å². The van der Waals surface area contributed by atoms with Crippen molar-refractivity contribution >= 4 is 28.5 Å². The molecule has 0 spiro atoms. The first-order valence-corrected chi connectivity index (χ1v) is 8.57. The Morgan fingerprint density at radius 2 is 1.77 bits per heavy atom. The zero-order valence-corrected chi connectivity index (χ0v) is 14.2. The van der Waals surface area contributed by atoms with Crippen molar-refractivity contribution < 1.29 is 9.59 Å². The molecule has 0 saturated carbocycles. The van der Waals surface area contributed by atoms with Crippen molar-refractivity contribution in [2.24, 2.45) is 0 Å². The minimum atomic E-state index is -0.238. The summed E-state index contributed by atoms with van der Waals surface area (Å²) in [4.78, 5) is 26.9. The van der Waals surface area contributed by atoms with Crippen molar-refractivity contribution in [2.75, 3.05) is 31.5 Å². The molecule has 1 aliphatic rings. The molecule has 1 saturated heterocycles. The number of nitrogens with zero attached hydrogens (tertiary/aromatic N) is 2. The fourth-order valence-electron chi connectivity index (χ4n) is 3.06. The van der Waals surface area contributed by atoms with Crippen molar-refractivity contribution in [2.45, 2.75) is 0 Å². The fraction of sp³-hybridized carbons (Fsp3) is 0.211. The largest absolute Gasteiger partial charge is 0.336 e. The Bertz CT molecular complexity index is 945. The maximum absolute atomic E-state index is 12.7. The Labute approximate surface area is 150 Å². The molecule has 2 aromatic carbocycles. The van der Waals surface area contributed by atoms with E-state index in [9.17, 15) is 9.59 Å². The molecule has 0 radical (unpaired) electrons. The molecule has 4 rings (SSSR count). The number of nitrogens with one attached hydrogen (secondary N) is 3. The van der Waals surface area contributed by atoms with Crippen LogP contribution in [0.3, 0.4) is 0 Å². The van der Waals surface area contributed by atoms with E-state index < -0.39 is 0 Å². The lowest BCUT2D eigenvalue weighted by Crippen LogP contribution is -2.46. The minimum absolute atomic E-state index is 0.00469. The van der Waals surface area contributed by atoms with Crippen LogP contribution in [0.15, 0.2) is 48.5 Å². The predicted molar refractivity (Wildman–Crippen MR) is 99.3 cm³/mol. The highest BCUT2D eigenvalue weighted by Gasteiger charge is 2.19. The minimum Gasteiger partial charge on any atom is -0.336 e. The molecule has 0 unspecified atom stereocenters. The van der Waals surface area contributed by atoms with E-state index in [1.165, 1.54) is 0 Å². The van der Waals surface area contributed by atoms with E-state index in [0.29, 0.717) is 30.0 Å². The molecule has 3 aromatic rings. The topological polar surface area (TPSA) is 90.1 Å². The van der Waals surface area contributed by atoms with Gasteiger partial charge >= 0.3 is 0 Å². The number of rotatable bonds is 3. The number of fused-ring (bicyclic) bond motifs is 1. The molecule has 2 heterocycles. The maximum Gasteiger partial charge on any atom is 0.256 e. The van der Waals surface area contributed by atoms with Gasteiger partial charge in [0.15, 0.2) is 5.82 Å². The standard InChI is InChI=1S/C19H19N5O2/c25-18(13-4-2-1-3-5-13)21-17-15-12-14(6-7-16(15)22-23-17)19(26)24-10-8-20-9-11-24/h1-7,12,20H,8-11H2,(H2,21,22,23,25). The van der Waals surface area contributed by atoms with Crippen molar-refractivity contribution in [3.63, 3.8) is 0 Å². The van der Waals surface area contributed by atoms with Gasteiger partial charge in [-0.1, -0.05) is 18.2 Å². The molecular formula is C19H19N5O2. The summed E-state index contributed by atoms with van der Waals surface area (Å²) in [7, 11) is 0. The summed E-state index contributed by atoms with van der Waals surface area (Å²) < 4.78 is 0. The fourth-order valence-corrected chi connectivity index (χ4v) is 3.06. The van der Waals surface area contributed by atoms with Crippen LogP contribution in [0.1, 0.15) is 20.7 Å². The van der Waals surface area contributed by atoms with Gasteiger partial charge in [0.1, 0.15) is 0 Å². The van der Waals surface area contributed by atoms with Gasteiger partial charge in [-0.05, 0) is 30.3 Å². The quantitative estimate of drug-likeness (QED) is 0.673. The Balaban J connectivity index is 1.60. The Morgan fingerprint density at radius 1 is 1.00 bits per heavy atom. The van der Waals surface area contributed by atoms with Crippen LogP contribution >= 0.6 is 0 Å². The van der Waals surface area contributed by atoms with Gasteiger partial charge in [0.05, 0.1) is 5.52 Å².